The third kappa shape index (κ3) is 5.60. The summed E-state index contributed by atoms with van der Waals surface area (Å²) in [7, 11) is 0. The summed E-state index contributed by atoms with van der Waals surface area (Å²) in [4.78, 5) is 17.9. The van der Waals surface area contributed by atoms with E-state index in [9.17, 15) is 4.79 Å². The Bertz CT molecular complexity index is 396. The minimum absolute atomic E-state index is 0.0646. The maximum Gasteiger partial charge on any atom is 0.234 e. The summed E-state index contributed by atoms with van der Waals surface area (Å²) in [5, 5.41) is 2.90. The van der Waals surface area contributed by atoms with E-state index in [1.54, 1.807) is 6.20 Å². The van der Waals surface area contributed by atoms with Crippen LogP contribution in [0.4, 0.5) is 0 Å². The van der Waals surface area contributed by atoms with Crippen LogP contribution in [0.3, 0.4) is 0 Å². The lowest BCUT2D eigenvalue weighted by Crippen LogP contribution is -2.39. The Hall–Kier alpha value is -0.940. The second-order valence-electron chi connectivity index (χ2n) is 4.54. The van der Waals surface area contributed by atoms with Gasteiger partial charge in [-0.2, -0.15) is 0 Å². The number of rotatable bonds is 6. The molecule has 100 valence electrons. The van der Waals surface area contributed by atoms with Crippen molar-refractivity contribution in [2.24, 2.45) is 0 Å². The van der Waals surface area contributed by atoms with Crippen LogP contribution in [-0.2, 0) is 11.3 Å². The summed E-state index contributed by atoms with van der Waals surface area (Å²) in [6.07, 6.45) is 3.58. The summed E-state index contributed by atoms with van der Waals surface area (Å²) in [5.41, 5.74) is 1.10. The molecule has 0 spiro atoms. The zero-order chi connectivity index (χ0) is 13.5. The van der Waals surface area contributed by atoms with Crippen LogP contribution in [0.2, 0.25) is 0 Å². The van der Waals surface area contributed by atoms with Gasteiger partial charge in [-0.3, -0.25) is 14.7 Å². The lowest BCUT2D eigenvalue weighted by molar-refractivity contribution is -0.122. The van der Waals surface area contributed by atoms with Gasteiger partial charge in [0, 0.05) is 29.5 Å². The standard InChI is InChI=1S/C13H20BrN3O/c1-4-17(9-13(18)16-10(2)3)8-11-5-12(14)7-15-6-11/h5-7,10H,4,8-9H2,1-3H3,(H,16,18). The molecule has 0 radical (unpaired) electrons. The Morgan fingerprint density at radius 2 is 2.22 bits per heavy atom. The predicted octanol–water partition coefficient (Wildman–Crippen LogP) is 2.19. The van der Waals surface area contributed by atoms with Gasteiger partial charge < -0.3 is 5.32 Å². The molecule has 1 N–H and O–H groups in total. The average Bonchev–Trinajstić information content (AvgIpc) is 2.27. The number of aromatic nitrogens is 1. The fourth-order valence-corrected chi connectivity index (χ4v) is 2.06. The van der Waals surface area contributed by atoms with Crippen molar-refractivity contribution in [3.8, 4) is 0 Å². The van der Waals surface area contributed by atoms with E-state index in [0.717, 1.165) is 23.1 Å². The highest BCUT2D eigenvalue weighted by Gasteiger charge is 2.10. The highest BCUT2D eigenvalue weighted by molar-refractivity contribution is 9.10. The van der Waals surface area contributed by atoms with Crippen LogP contribution in [0.25, 0.3) is 0 Å². The van der Waals surface area contributed by atoms with Crippen molar-refractivity contribution in [1.29, 1.82) is 0 Å². The maximum atomic E-state index is 11.7. The molecule has 0 aliphatic rings. The van der Waals surface area contributed by atoms with E-state index in [1.807, 2.05) is 33.0 Å². The minimum Gasteiger partial charge on any atom is -0.353 e. The minimum atomic E-state index is 0.0646. The molecule has 4 nitrogen and oxygen atoms in total. The van der Waals surface area contributed by atoms with E-state index >= 15 is 0 Å². The number of hydrogen-bond donors (Lipinski definition) is 1. The number of nitrogens with zero attached hydrogens (tertiary/aromatic N) is 2. The normalized spacial score (nSPS) is 11.0. The van der Waals surface area contributed by atoms with Crippen molar-refractivity contribution in [2.75, 3.05) is 13.1 Å². The van der Waals surface area contributed by atoms with Crippen molar-refractivity contribution in [1.82, 2.24) is 15.2 Å². The van der Waals surface area contributed by atoms with Crippen molar-refractivity contribution < 1.29 is 4.79 Å². The summed E-state index contributed by atoms with van der Waals surface area (Å²) >= 11 is 3.40. The van der Waals surface area contributed by atoms with Crippen LogP contribution in [0.5, 0.6) is 0 Å². The molecule has 0 saturated heterocycles. The van der Waals surface area contributed by atoms with E-state index < -0.39 is 0 Å². The second kappa shape index (κ2) is 7.48. The third-order valence-electron chi connectivity index (χ3n) is 2.43. The first-order valence-corrected chi connectivity index (χ1v) is 6.91. The summed E-state index contributed by atoms with van der Waals surface area (Å²) in [5.74, 6) is 0.0646. The molecule has 0 aliphatic heterocycles. The summed E-state index contributed by atoms with van der Waals surface area (Å²) < 4.78 is 0.961. The zero-order valence-electron chi connectivity index (χ0n) is 11.1. The molecule has 1 aromatic rings. The third-order valence-corrected chi connectivity index (χ3v) is 2.87. The van der Waals surface area contributed by atoms with Gasteiger partial charge in [-0.15, -0.1) is 0 Å². The monoisotopic (exact) mass is 313 g/mol. The van der Waals surface area contributed by atoms with Gasteiger partial charge >= 0.3 is 0 Å². The Balaban J connectivity index is 2.54. The first-order chi connectivity index (χ1) is 8.51. The number of carbonyl (C=O) groups excluding carboxylic acids is 1. The van der Waals surface area contributed by atoms with Crippen LogP contribution in [0.1, 0.15) is 26.3 Å². The Kier molecular flexibility index (Phi) is 6.29. The fraction of sp³-hybridized carbons (Fsp3) is 0.538. The molecule has 0 saturated carbocycles. The molecule has 0 bridgehead atoms. The number of halogens is 1. The van der Waals surface area contributed by atoms with Crippen molar-refractivity contribution >= 4 is 21.8 Å². The molecule has 1 aromatic heterocycles. The van der Waals surface area contributed by atoms with Gasteiger partial charge in [0.05, 0.1) is 6.54 Å². The van der Waals surface area contributed by atoms with Crippen molar-refractivity contribution in [3.63, 3.8) is 0 Å². The lowest BCUT2D eigenvalue weighted by atomic mass is 10.2. The molecule has 0 atom stereocenters. The van der Waals surface area contributed by atoms with Crippen LogP contribution < -0.4 is 5.32 Å². The number of hydrogen-bond acceptors (Lipinski definition) is 3. The maximum absolute atomic E-state index is 11.7. The molecular formula is C13H20BrN3O. The largest absolute Gasteiger partial charge is 0.353 e. The second-order valence-corrected chi connectivity index (χ2v) is 5.45. The molecule has 0 fully saturated rings. The Labute approximate surface area is 117 Å². The highest BCUT2D eigenvalue weighted by atomic mass is 79.9. The van der Waals surface area contributed by atoms with Crippen molar-refractivity contribution in [3.05, 3.63) is 28.5 Å². The van der Waals surface area contributed by atoms with Crippen LogP contribution in [0.15, 0.2) is 22.9 Å². The number of carbonyl (C=O) groups is 1. The quantitative estimate of drug-likeness (QED) is 0.875. The Morgan fingerprint density at radius 3 is 2.78 bits per heavy atom. The highest BCUT2D eigenvalue weighted by Crippen LogP contribution is 2.11. The molecule has 0 aliphatic carbocycles. The predicted molar refractivity (Wildman–Crippen MR) is 76.2 cm³/mol. The summed E-state index contributed by atoms with van der Waals surface area (Å²) in [6.45, 7) is 7.96. The van der Waals surface area contributed by atoms with E-state index in [4.69, 9.17) is 0 Å². The van der Waals surface area contributed by atoms with Gasteiger partial charge in [0.2, 0.25) is 5.91 Å². The molecule has 1 heterocycles. The molecule has 0 unspecified atom stereocenters. The van der Waals surface area contributed by atoms with E-state index in [0.29, 0.717) is 6.54 Å². The number of nitrogens with one attached hydrogen (secondary N) is 1. The van der Waals surface area contributed by atoms with E-state index in [2.05, 4.69) is 31.1 Å². The Morgan fingerprint density at radius 1 is 1.50 bits per heavy atom. The van der Waals surface area contributed by atoms with Gasteiger partial charge in [-0.25, -0.2) is 0 Å². The van der Waals surface area contributed by atoms with E-state index in [-0.39, 0.29) is 11.9 Å². The van der Waals surface area contributed by atoms with Crippen molar-refractivity contribution in [2.45, 2.75) is 33.4 Å². The molecular weight excluding hydrogens is 294 g/mol. The smallest absolute Gasteiger partial charge is 0.234 e. The molecule has 5 heteroatoms. The van der Waals surface area contributed by atoms with Gasteiger partial charge in [-0.05, 0) is 48.0 Å². The van der Waals surface area contributed by atoms with Crippen LogP contribution >= 0.6 is 15.9 Å². The topological polar surface area (TPSA) is 45.2 Å². The van der Waals surface area contributed by atoms with Gasteiger partial charge in [0.1, 0.15) is 0 Å². The number of amides is 1. The van der Waals surface area contributed by atoms with E-state index in [1.165, 1.54) is 0 Å². The molecule has 18 heavy (non-hydrogen) atoms. The van der Waals surface area contributed by atoms with Gasteiger partial charge in [-0.1, -0.05) is 6.92 Å². The molecule has 0 aromatic carbocycles. The number of likely N-dealkylation sites (N-methyl/N-ethyl adjacent to an activating group) is 1. The van der Waals surface area contributed by atoms with Crippen LogP contribution in [0, 0.1) is 0 Å². The van der Waals surface area contributed by atoms with Gasteiger partial charge in [0.25, 0.3) is 0 Å². The molecule has 1 rings (SSSR count). The fourth-order valence-electron chi connectivity index (χ4n) is 1.65. The van der Waals surface area contributed by atoms with Crippen LogP contribution in [-0.4, -0.2) is 34.9 Å². The lowest BCUT2D eigenvalue weighted by Gasteiger charge is -2.20. The summed E-state index contributed by atoms with van der Waals surface area (Å²) in [6, 6.07) is 2.21. The number of pyridine rings is 1. The zero-order valence-corrected chi connectivity index (χ0v) is 12.7. The first kappa shape index (κ1) is 15.1. The first-order valence-electron chi connectivity index (χ1n) is 6.12. The SMILES string of the molecule is CCN(CC(=O)NC(C)C)Cc1cncc(Br)c1. The average molecular weight is 314 g/mol. The van der Waals surface area contributed by atoms with Gasteiger partial charge in [0.15, 0.2) is 0 Å². The molecule has 1 amide bonds.